The molecule has 7 heteroatoms. The molecule has 0 saturated carbocycles. The van der Waals surface area contributed by atoms with E-state index in [2.05, 4.69) is 20.9 Å². The van der Waals surface area contributed by atoms with Crippen molar-refractivity contribution in [2.75, 3.05) is 0 Å². The molecule has 0 spiro atoms. The molecular weight excluding hydrogens is 412 g/mol. The summed E-state index contributed by atoms with van der Waals surface area (Å²) in [4.78, 5) is 26.6. The number of carbonyl (C=O) groups excluding carboxylic acids is 1. The second-order valence-electron chi connectivity index (χ2n) is 5.50. The predicted octanol–water partition coefficient (Wildman–Crippen LogP) is 5.33. The summed E-state index contributed by atoms with van der Waals surface area (Å²) in [6, 6.07) is 19.7. The molecule has 0 unspecified atom stereocenters. The highest BCUT2D eigenvalue weighted by atomic mass is 79.9. The zero-order valence-electron chi connectivity index (χ0n) is 13.9. The van der Waals surface area contributed by atoms with Crippen molar-refractivity contribution in [3.05, 3.63) is 98.5 Å². The average molecular weight is 425 g/mol. The zero-order chi connectivity index (χ0) is 19.2. The van der Waals surface area contributed by atoms with Crippen LogP contribution in [-0.4, -0.2) is 17.1 Å². The minimum Gasteiger partial charge on any atom is -0.423 e. The standard InChI is InChI=1S/C20H13BrN2O4/c21-16-5-7-17(8-6-16)22-13-14-1-11-19(12-2-14)27-20(24)15-3-9-18(10-4-15)23(25)26/h1-13H. The van der Waals surface area contributed by atoms with Gasteiger partial charge in [-0.05, 0) is 66.2 Å². The van der Waals surface area contributed by atoms with Crippen molar-refractivity contribution < 1.29 is 14.5 Å². The van der Waals surface area contributed by atoms with Crippen molar-refractivity contribution in [2.45, 2.75) is 0 Å². The van der Waals surface area contributed by atoms with Gasteiger partial charge in [0.1, 0.15) is 5.75 Å². The second kappa shape index (κ2) is 8.37. The first-order chi connectivity index (χ1) is 13.0. The van der Waals surface area contributed by atoms with Crippen LogP contribution in [0.2, 0.25) is 0 Å². The number of esters is 1. The molecule has 0 saturated heterocycles. The van der Waals surface area contributed by atoms with Gasteiger partial charge in [-0.2, -0.15) is 0 Å². The van der Waals surface area contributed by atoms with E-state index in [4.69, 9.17) is 4.74 Å². The maximum Gasteiger partial charge on any atom is 0.343 e. The van der Waals surface area contributed by atoms with Crippen molar-refractivity contribution >= 4 is 39.5 Å². The highest BCUT2D eigenvalue weighted by molar-refractivity contribution is 9.10. The normalized spacial score (nSPS) is 10.7. The van der Waals surface area contributed by atoms with Crippen molar-refractivity contribution in [1.82, 2.24) is 0 Å². The van der Waals surface area contributed by atoms with E-state index in [9.17, 15) is 14.9 Å². The van der Waals surface area contributed by atoms with E-state index in [1.165, 1.54) is 24.3 Å². The Morgan fingerprint density at radius 2 is 1.59 bits per heavy atom. The van der Waals surface area contributed by atoms with Crippen LogP contribution in [0.4, 0.5) is 11.4 Å². The van der Waals surface area contributed by atoms with E-state index in [-0.39, 0.29) is 11.3 Å². The largest absolute Gasteiger partial charge is 0.423 e. The molecule has 0 bridgehead atoms. The number of benzene rings is 3. The molecule has 0 heterocycles. The molecule has 0 radical (unpaired) electrons. The van der Waals surface area contributed by atoms with Crippen LogP contribution < -0.4 is 4.74 Å². The van der Waals surface area contributed by atoms with Gasteiger partial charge >= 0.3 is 5.97 Å². The number of nitro groups is 1. The summed E-state index contributed by atoms with van der Waals surface area (Å²) in [7, 11) is 0. The molecule has 0 atom stereocenters. The molecule has 0 aromatic heterocycles. The maximum absolute atomic E-state index is 12.1. The number of ether oxygens (including phenoxy) is 1. The lowest BCUT2D eigenvalue weighted by Gasteiger charge is -2.04. The van der Waals surface area contributed by atoms with Gasteiger partial charge in [-0.1, -0.05) is 15.9 Å². The first kappa shape index (κ1) is 18.5. The number of halogens is 1. The Balaban J connectivity index is 1.63. The van der Waals surface area contributed by atoms with Crippen LogP contribution >= 0.6 is 15.9 Å². The monoisotopic (exact) mass is 424 g/mol. The molecule has 0 aliphatic rings. The minimum atomic E-state index is -0.582. The number of aliphatic imine (C=N–C) groups is 1. The fourth-order valence-electron chi connectivity index (χ4n) is 2.18. The van der Waals surface area contributed by atoms with Gasteiger partial charge in [0.15, 0.2) is 0 Å². The van der Waals surface area contributed by atoms with Gasteiger partial charge in [-0.25, -0.2) is 4.79 Å². The number of hydrogen-bond acceptors (Lipinski definition) is 5. The van der Waals surface area contributed by atoms with Gasteiger partial charge in [0, 0.05) is 22.8 Å². The van der Waals surface area contributed by atoms with Gasteiger partial charge in [-0.15, -0.1) is 0 Å². The predicted molar refractivity (Wildman–Crippen MR) is 106 cm³/mol. The Bertz CT molecular complexity index is 982. The molecule has 0 N–H and O–H groups in total. The number of hydrogen-bond donors (Lipinski definition) is 0. The van der Waals surface area contributed by atoms with Crippen LogP contribution in [0.25, 0.3) is 0 Å². The molecule has 3 aromatic rings. The fourth-order valence-corrected chi connectivity index (χ4v) is 2.45. The van der Waals surface area contributed by atoms with Gasteiger partial charge in [0.25, 0.3) is 5.69 Å². The third-order valence-corrected chi connectivity index (χ3v) is 4.12. The average Bonchev–Trinajstić information content (AvgIpc) is 2.68. The number of non-ortho nitro benzene ring substituents is 1. The van der Waals surface area contributed by atoms with Gasteiger partial charge < -0.3 is 4.74 Å². The number of nitro benzene ring substituents is 1. The Hall–Kier alpha value is -3.32. The molecule has 3 rings (SSSR count). The molecule has 0 aliphatic carbocycles. The first-order valence-electron chi connectivity index (χ1n) is 7.87. The van der Waals surface area contributed by atoms with Crippen LogP contribution in [0, 0.1) is 10.1 Å². The van der Waals surface area contributed by atoms with E-state index in [1.54, 1.807) is 30.5 Å². The Morgan fingerprint density at radius 1 is 0.963 bits per heavy atom. The summed E-state index contributed by atoms with van der Waals surface area (Å²) >= 11 is 3.37. The number of carbonyl (C=O) groups is 1. The number of rotatable bonds is 5. The fraction of sp³-hybridized carbons (Fsp3) is 0. The van der Waals surface area contributed by atoms with Crippen molar-refractivity contribution in [3.8, 4) is 5.75 Å². The Morgan fingerprint density at radius 3 is 2.19 bits per heavy atom. The zero-order valence-corrected chi connectivity index (χ0v) is 15.5. The first-order valence-corrected chi connectivity index (χ1v) is 8.67. The van der Waals surface area contributed by atoms with Gasteiger partial charge in [-0.3, -0.25) is 15.1 Å². The smallest absolute Gasteiger partial charge is 0.343 e. The van der Waals surface area contributed by atoms with Crippen LogP contribution in [0.5, 0.6) is 5.75 Å². The summed E-state index contributed by atoms with van der Waals surface area (Å²) < 4.78 is 6.26. The summed E-state index contributed by atoms with van der Waals surface area (Å²) in [5, 5.41) is 10.6. The Labute approximate surface area is 163 Å². The van der Waals surface area contributed by atoms with Crippen molar-refractivity contribution in [1.29, 1.82) is 0 Å². The van der Waals surface area contributed by atoms with Crippen molar-refractivity contribution in [2.24, 2.45) is 4.99 Å². The summed E-state index contributed by atoms with van der Waals surface area (Å²) in [6.45, 7) is 0. The summed E-state index contributed by atoms with van der Waals surface area (Å²) in [6.07, 6.45) is 1.71. The molecule has 27 heavy (non-hydrogen) atoms. The van der Waals surface area contributed by atoms with Crippen LogP contribution in [0.15, 0.2) is 82.3 Å². The van der Waals surface area contributed by atoms with Gasteiger partial charge in [0.2, 0.25) is 0 Å². The molecule has 6 nitrogen and oxygen atoms in total. The summed E-state index contributed by atoms with van der Waals surface area (Å²) in [5.41, 5.74) is 1.84. The van der Waals surface area contributed by atoms with E-state index in [1.807, 2.05) is 24.3 Å². The number of nitrogens with zero attached hydrogens (tertiary/aromatic N) is 2. The molecular formula is C20H13BrN2O4. The minimum absolute atomic E-state index is 0.0824. The topological polar surface area (TPSA) is 81.8 Å². The second-order valence-corrected chi connectivity index (χ2v) is 6.41. The lowest BCUT2D eigenvalue weighted by Crippen LogP contribution is -2.08. The van der Waals surface area contributed by atoms with Gasteiger partial charge in [0.05, 0.1) is 16.2 Å². The molecule has 134 valence electrons. The molecule has 0 amide bonds. The van der Waals surface area contributed by atoms with E-state index in [0.717, 1.165) is 15.7 Å². The highest BCUT2D eigenvalue weighted by Crippen LogP contribution is 2.18. The lowest BCUT2D eigenvalue weighted by atomic mass is 10.2. The van der Waals surface area contributed by atoms with Crippen LogP contribution in [-0.2, 0) is 0 Å². The molecule has 0 aliphatic heterocycles. The summed E-state index contributed by atoms with van der Waals surface area (Å²) in [5.74, 6) is -0.208. The van der Waals surface area contributed by atoms with E-state index < -0.39 is 10.9 Å². The highest BCUT2D eigenvalue weighted by Gasteiger charge is 2.11. The van der Waals surface area contributed by atoms with Crippen LogP contribution in [0.1, 0.15) is 15.9 Å². The molecule has 0 fully saturated rings. The third-order valence-electron chi connectivity index (χ3n) is 3.59. The third kappa shape index (κ3) is 5.08. The van der Waals surface area contributed by atoms with Crippen molar-refractivity contribution in [3.63, 3.8) is 0 Å². The van der Waals surface area contributed by atoms with E-state index in [0.29, 0.717) is 5.75 Å². The Kier molecular flexibility index (Phi) is 5.73. The quantitative estimate of drug-likeness (QED) is 0.182. The van der Waals surface area contributed by atoms with Crippen LogP contribution in [0.3, 0.4) is 0 Å². The maximum atomic E-state index is 12.1. The van der Waals surface area contributed by atoms with E-state index >= 15 is 0 Å². The molecule has 3 aromatic carbocycles. The SMILES string of the molecule is O=C(Oc1ccc(C=Nc2ccc(Br)cc2)cc1)c1ccc([N+](=O)[O-])cc1. The lowest BCUT2D eigenvalue weighted by molar-refractivity contribution is -0.384.